The lowest BCUT2D eigenvalue weighted by Crippen LogP contribution is -2.13. The third-order valence-corrected chi connectivity index (χ3v) is 5.36. The summed E-state index contributed by atoms with van der Waals surface area (Å²) < 4.78 is 7.86. The van der Waals surface area contributed by atoms with Crippen LogP contribution in [0.25, 0.3) is 22.8 Å². The van der Waals surface area contributed by atoms with Gasteiger partial charge in [0.2, 0.25) is 5.89 Å². The molecule has 0 saturated heterocycles. The van der Waals surface area contributed by atoms with Gasteiger partial charge < -0.3 is 9.73 Å². The Morgan fingerprint density at radius 3 is 2.52 bits per heavy atom. The van der Waals surface area contributed by atoms with Gasteiger partial charge >= 0.3 is 0 Å². The third kappa shape index (κ3) is 4.60. The van der Waals surface area contributed by atoms with E-state index in [-0.39, 0.29) is 5.91 Å². The molecule has 2 heterocycles. The summed E-state index contributed by atoms with van der Waals surface area (Å²) in [5.41, 5.74) is 5.07. The van der Waals surface area contributed by atoms with E-state index in [0.717, 1.165) is 11.1 Å². The van der Waals surface area contributed by atoms with Gasteiger partial charge in [-0.1, -0.05) is 54.1 Å². The van der Waals surface area contributed by atoms with Crippen LogP contribution >= 0.6 is 0 Å². The Hall–Kier alpha value is -4.45. The van der Waals surface area contributed by atoms with Gasteiger partial charge in [-0.3, -0.25) is 9.48 Å². The van der Waals surface area contributed by atoms with Crippen LogP contribution in [-0.4, -0.2) is 20.7 Å². The number of anilines is 1. The van der Waals surface area contributed by atoms with Crippen LogP contribution in [0.15, 0.2) is 102 Å². The first-order valence-electron chi connectivity index (χ1n) is 10.7. The number of nitrogens with one attached hydrogen (secondary N) is 1. The van der Waals surface area contributed by atoms with Crippen molar-refractivity contribution < 1.29 is 9.21 Å². The van der Waals surface area contributed by atoms with Gasteiger partial charge in [0.15, 0.2) is 5.76 Å². The lowest BCUT2D eigenvalue weighted by molar-refractivity contribution is 0.102. The third-order valence-electron chi connectivity index (χ3n) is 5.36. The van der Waals surface area contributed by atoms with Crippen molar-refractivity contribution in [2.75, 3.05) is 5.32 Å². The van der Waals surface area contributed by atoms with Crippen molar-refractivity contribution in [1.29, 1.82) is 0 Å². The molecule has 0 aliphatic rings. The molecule has 1 N–H and O–H groups in total. The molecule has 33 heavy (non-hydrogen) atoms. The highest BCUT2D eigenvalue weighted by atomic mass is 16.4. The first kappa shape index (κ1) is 20.5. The zero-order chi connectivity index (χ0) is 22.6. The molecule has 6 heteroatoms. The fourth-order valence-electron chi connectivity index (χ4n) is 3.59. The summed E-state index contributed by atoms with van der Waals surface area (Å²) in [7, 11) is 0. The SMILES string of the molecule is Cc1ccc(-c2cnc(-c3ccccc3C(=O)Nc3ccc(Cn4cccn4)cc3)o2)cc1. The van der Waals surface area contributed by atoms with Gasteiger partial charge in [-0.15, -0.1) is 0 Å². The maximum Gasteiger partial charge on any atom is 0.256 e. The van der Waals surface area contributed by atoms with Crippen LogP contribution in [0.2, 0.25) is 0 Å². The smallest absolute Gasteiger partial charge is 0.256 e. The van der Waals surface area contributed by atoms with E-state index in [0.29, 0.717) is 35.0 Å². The predicted molar refractivity (Wildman–Crippen MR) is 128 cm³/mol. The van der Waals surface area contributed by atoms with Gasteiger partial charge in [-0.05, 0) is 42.8 Å². The maximum atomic E-state index is 13.1. The number of benzene rings is 3. The van der Waals surface area contributed by atoms with Crippen LogP contribution < -0.4 is 5.32 Å². The summed E-state index contributed by atoms with van der Waals surface area (Å²) in [5.74, 6) is 0.847. The molecule has 1 amide bonds. The number of carbonyl (C=O) groups is 1. The van der Waals surface area contributed by atoms with Crippen molar-refractivity contribution in [3.8, 4) is 22.8 Å². The Balaban J connectivity index is 1.34. The average molecular weight is 434 g/mol. The second-order valence-corrected chi connectivity index (χ2v) is 7.80. The molecule has 0 saturated carbocycles. The highest BCUT2D eigenvalue weighted by molar-refractivity contribution is 6.08. The number of aryl methyl sites for hydroxylation is 1. The van der Waals surface area contributed by atoms with Gasteiger partial charge in [-0.2, -0.15) is 5.10 Å². The van der Waals surface area contributed by atoms with Crippen molar-refractivity contribution in [3.05, 3.63) is 114 Å². The molecule has 0 aliphatic heterocycles. The summed E-state index contributed by atoms with van der Waals surface area (Å²) in [6, 6.07) is 25.0. The number of amides is 1. The number of hydrogen-bond donors (Lipinski definition) is 1. The Morgan fingerprint density at radius 1 is 0.970 bits per heavy atom. The van der Waals surface area contributed by atoms with E-state index < -0.39 is 0 Å². The van der Waals surface area contributed by atoms with Crippen LogP contribution in [-0.2, 0) is 6.54 Å². The number of carbonyl (C=O) groups excluding carboxylic acids is 1. The van der Waals surface area contributed by atoms with Crippen molar-refractivity contribution in [2.24, 2.45) is 0 Å². The minimum Gasteiger partial charge on any atom is -0.436 e. The average Bonchev–Trinajstić information content (AvgIpc) is 3.53. The van der Waals surface area contributed by atoms with Crippen molar-refractivity contribution in [3.63, 3.8) is 0 Å². The molecular weight excluding hydrogens is 412 g/mol. The molecule has 5 rings (SSSR count). The molecule has 5 aromatic rings. The van der Waals surface area contributed by atoms with E-state index in [1.165, 1.54) is 5.56 Å². The van der Waals surface area contributed by atoms with E-state index >= 15 is 0 Å². The Bertz CT molecular complexity index is 1370. The topological polar surface area (TPSA) is 73.0 Å². The van der Waals surface area contributed by atoms with Gasteiger partial charge in [0.05, 0.1) is 18.3 Å². The number of hydrogen-bond acceptors (Lipinski definition) is 4. The van der Waals surface area contributed by atoms with Crippen LogP contribution in [0.4, 0.5) is 5.69 Å². The van der Waals surface area contributed by atoms with Crippen LogP contribution in [0.1, 0.15) is 21.5 Å². The number of rotatable bonds is 6. The Kier molecular flexibility index (Phi) is 5.55. The fourth-order valence-corrected chi connectivity index (χ4v) is 3.59. The van der Waals surface area contributed by atoms with Crippen LogP contribution in [0, 0.1) is 6.92 Å². The van der Waals surface area contributed by atoms with E-state index in [4.69, 9.17) is 4.42 Å². The molecule has 0 atom stereocenters. The molecular formula is C27H22N4O2. The molecule has 2 aromatic heterocycles. The quantitative estimate of drug-likeness (QED) is 0.366. The second kappa shape index (κ2) is 8.96. The molecule has 162 valence electrons. The minimum atomic E-state index is -0.222. The number of aromatic nitrogens is 3. The van der Waals surface area contributed by atoms with Crippen molar-refractivity contribution >= 4 is 11.6 Å². The molecule has 0 radical (unpaired) electrons. The molecule has 6 nitrogen and oxygen atoms in total. The van der Waals surface area contributed by atoms with Crippen LogP contribution in [0.5, 0.6) is 0 Å². The van der Waals surface area contributed by atoms with Crippen molar-refractivity contribution in [1.82, 2.24) is 14.8 Å². The second-order valence-electron chi connectivity index (χ2n) is 7.80. The minimum absolute atomic E-state index is 0.222. The number of nitrogens with zero attached hydrogens (tertiary/aromatic N) is 3. The van der Waals surface area contributed by atoms with Gasteiger partial charge in [0, 0.05) is 29.2 Å². The summed E-state index contributed by atoms with van der Waals surface area (Å²) in [6.45, 7) is 2.72. The fraction of sp³-hybridized carbons (Fsp3) is 0.0741. The molecule has 3 aromatic carbocycles. The zero-order valence-electron chi connectivity index (χ0n) is 18.1. The van der Waals surface area contributed by atoms with Gasteiger partial charge in [-0.25, -0.2) is 4.98 Å². The normalized spacial score (nSPS) is 10.8. The predicted octanol–water partition coefficient (Wildman–Crippen LogP) is 5.81. The molecule has 0 spiro atoms. The van der Waals surface area contributed by atoms with Crippen molar-refractivity contribution in [2.45, 2.75) is 13.5 Å². The maximum absolute atomic E-state index is 13.1. The number of oxazole rings is 1. The largest absolute Gasteiger partial charge is 0.436 e. The standard InChI is InChI=1S/C27H22N4O2/c1-19-7-11-21(12-8-19)25-17-28-27(33-25)24-6-3-2-5-23(24)26(32)30-22-13-9-20(10-14-22)18-31-16-4-15-29-31/h2-17H,18H2,1H3,(H,30,32). The van der Waals surface area contributed by atoms with E-state index in [9.17, 15) is 4.79 Å². The van der Waals surface area contributed by atoms with E-state index in [2.05, 4.69) is 15.4 Å². The summed E-state index contributed by atoms with van der Waals surface area (Å²) >= 11 is 0. The summed E-state index contributed by atoms with van der Waals surface area (Å²) in [5, 5.41) is 7.19. The lowest BCUT2D eigenvalue weighted by atomic mass is 10.1. The Morgan fingerprint density at radius 2 is 1.76 bits per heavy atom. The van der Waals surface area contributed by atoms with E-state index in [1.807, 2.05) is 90.6 Å². The summed E-state index contributed by atoms with van der Waals surface area (Å²) in [6.07, 6.45) is 5.36. The highest BCUT2D eigenvalue weighted by Crippen LogP contribution is 2.29. The highest BCUT2D eigenvalue weighted by Gasteiger charge is 2.17. The van der Waals surface area contributed by atoms with Gasteiger partial charge in [0.25, 0.3) is 5.91 Å². The van der Waals surface area contributed by atoms with Crippen LogP contribution in [0.3, 0.4) is 0 Å². The van der Waals surface area contributed by atoms with Gasteiger partial charge in [0.1, 0.15) is 0 Å². The lowest BCUT2D eigenvalue weighted by Gasteiger charge is -2.09. The van der Waals surface area contributed by atoms with E-state index in [1.54, 1.807) is 18.5 Å². The molecule has 0 unspecified atom stereocenters. The first-order valence-corrected chi connectivity index (χ1v) is 10.7. The monoisotopic (exact) mass is 434 g/mol. The first-order chi connectivity index (χ1) is 16.2. The molecule has 0 bridgehead atoms. The summed E-state index contributed by atoms with van der Waals surface area (Å²) in [4.78, 5) is 17.5. The molecule has 0 fully saturated rings. The Labute approximate surface area is 191 Å². The zero-order valence-corrected chi connectivity index (χ0v) is 18.1. The molecule has 0 aliphatic carbocycles.